The summed E-state index contributed by atoms with van der Waals surface area (Å²) < 4.78 is 22.1. The van der Waals surface area contributed by atoms with E-state index in [0.29, 0.717) is 39.6 Å². The molecule has 39 heavy (non-hydrogen) atoms. The van der Waals surface area contributed by atoms with Crippen LogP contribution in [-0.4, -0.2) is 43.5 Å². The summed E-state index contributed by atoms with van der Waals surface area (Å²) in [7, 11) is 3.12. The van der Waals surface area contributed by atoms with Crippen LogP contribution in [0.4, 0.5) is 5.13 Å². The molecule has 0 aliphatic rings. The van der Waals surface area contributed by atoms with E-state index in [2.05, 4.69) is 15.5 Å². The average molecular weight is 543 g/mol. The molecule has 0 atom stereocenters. The molecule has 3 aromatic carbocycles. The Morgan fingerprint density at radius 2 is 1.64 bits per heavy atom. The van der Waals surface area contributed by atoms with Gasteiger partial charge in [0.25, 0.3) is 5.91 Å². The number of rotatable bonds is 11. The van der Waals surface area contributed by atoms with Gasteiger partial charge in [-0.05, 0) is 55.0 Å². The molecular formula is C29H26N4O5S. The van der Waals surface area contributed by atoms with Crippen molar-refractivity contribution in [2.45, 2.75) is 6.92 Å². The van der Waals surface area contributed by atoms with E-state index in [9.17, 15) is 10.1 Å². The molecule has 0 aliphatic heterocycles. The number of carbonyl (C=O) groups excluding carboxylic acids is 1. The Hall–Kier alpha value is -4.88. The predicted molar refractivity (Wildman–Crippen MR) is 149 cm³/mol. The number of carbonyl (C=O) groups is 1. The molecule has 0 radical (unpaired) electrons. The van der Waals surface area contributed by atoms with E-state index >= 15 is 0 Å². The Labute approximate surface area is 230 Å². The molecule has 0 saturated heterocycles. The first-order valence-corrected chi connectivity index (χ1v) is 12.7. The van der Waals surface area contributed by atoms with Crippen LogP contribution in [0, 0.1) is 18.3 Å². The second-order valence-corrected chi connectivity index (χ2v) is 9.16. The number of hydrogen-bond acceptors (Lipinski definition) is 9. The van der Waals surface area contributed by atoms with Gasteiger partial charge in [0.2, 0.25) is 5.13 Å². The fraction of sp³-hybridized carbons (Fsp3) is 0.172. The van der Waals surface area contributed by atoms with E-state index in [0.717, 1.165) is 16.9 Å². The average Bonchev–Trinajstić information content (AvgIpc) is 3.43. The Balaban J connectivity index is 1.36. The van der Waals surface area contributed by atoms with Gasteiger partial charge in [-0.15, -0.1) is 10.2 Å². The SMILES string of the molecule is COc1ccc(OCCOc2ccc(C=C(C#N)C(=O)Nc3nnc(-c4ccc(C)cc4)s3)cc2OC)cc1. The summed E-state index contributed by atoms with van der Waals surface area (Å²) in [6.45, 7) is 2.62. The molecule has 0 aliphatic carbocycles. The fourth-order valence-corrected chi connectivity index (χ4v) is 4.19. The van der Waals surface area contributed by atoms with E-state index in [1.165, 1.54) is 24.5 Å². The molecule has 1 aromatic heterocycles. The predicted octanol–water partition coefficient (Wildman–Crippen LogP) is 5.53. The van der Waals surface area contributed by atoms with Gasteiger partial charge in [-0.1, -0.05) is 47.2 Å². The minimum Gasteiger partial charge on any atom is -0.497 e. The number of amides is 1. The zero-order chi connectivity index (χ0) is 27.6. The van der Waals surface area contributed by atoms with Crippen molar-refractivity contribution in [1.29, 1.82) is 5.26 Å². The zero-order valence-electron chi connectivity index (χ0n) is 21.6. The van der Waals surface area contributed by atoms with E-state index < -0.39 is 5.91 Å². The summed E-state index contributed by atoms with van der Waals surface area (Å²) in [5.41, 5.74) is 2.54. The summed E-state index contributed by atoms with van der Waals surface area (Å²) in [5, 5.41) is 21.4. The van der Waals surface area contributed by atoms with Gasteiger partial charge in [-0.25, -0.2) is 0 Å². The first kappa shape index (κ1) is 27.2. The summed E-state index contributed by atoms with van der Waals surface area (Å²) in [6.07, 6.45) is 1.47. The maximum absolute atomic E-state index is 12.7. The Bertz CT molecular complexity index is 1490. The van der Waals surface area contributed by atoms with Gasteiger partial charge in [-0.2, -0.15) is 5.26 Å². The number of methoxy groups -OCH3 is 2. The van der Waals surface area contributed by atoms with Crippen molar-refractivity contribution in [2.24, 2.45) is 0 Å². The van der Waals surface area contributed by atoms with Crippen LogP contribution < -0.4 is 24.3 Å². The second-order valence-electron chi connectivity index (χ2n) is 8.19. The van der Waals surface area contributed by atoms with Gasteiger partial charge in [0, 0.05) is 5.56 Å². The summed E-state index contributed by atoms with van der Waals surface area (Å²) >= 11 is 1.23. The van der Waals surface area contributed by atoms with Crippen LogP contribution in [0.2, 0.25) is 0 Å². The smallest absolute Gasteiger partial charge is 0.268 e. The van der Waals surface area contributed by atoms with Crippen LogP contribution in [0.1, 0.15) is 11.1 Å². The molecule has 4 rings (SSSR count). The minimum absolute atomic E-state index is 0.0919. The number of aryl methyl sites for hydroxylation is 1. The third-order valence-electron chi connectivity index (χ3n) is 5.48. The highest BCUT2D eigenvalue weighted by atomic mass is 32.1. The quantitative estimate of drug-likeness (QED) is 0.149. The van der Waals surface area contributed by atoms with Crippen molar-refractivity contribution in [3.63, 3.8) is 0 Å². The molecule has 4 aromatic rings. The molecule has 0 unspecified atom stereocenters. The van der Waals surface area contributed by atoms with Crippen molar-refractivity contribution >= 4 is 28.5 Å². The molecule has 1 amide bonds. The van der Waals surface area contributed by atoms with Crippen molar-refractivity contribution in [3.05, 3.63) is 83.4 Å². The second kappa shape index (κ2) is 13.1. The monoisotopic (exact) mass is 542 g/mol. The van der Waals surface area contributed by atoms with Crippen LogP contribution in [0.15, 0.2) is 72.3 Å². The van der Waals surface area contributed by atoms with E-state index in [-0.39, 0.29) is 12.2 Å². The maximum atomic E-state index is 12.7. The van der Waals surface area contributed by atoms with Gasteiger partial charge in [0.05, 0.1) is 14.2 Å². The molecule has 10 heteroatoms. The molecule has 1 N–H and O–H groups in total. The molecular weight excluding hydrogens is 516 g/mol. The molecule has 0 bridgehead atoms. The Kier molecular flexibility index (Phi) is 9.11. The number of nitriles is 1. The van der Waals surface area contributed by atoms with Gasteiger partial charge in [0.15, 0.2) is 11.5 Å². The van der Waals surface area contributed by atoms with Crippen molar-refractivity contribution < 1.29 is 23.7 Å². The normalized spacial score (nSPS) is 10.9. The lowest BCUT2D eigenvalue weighted by Gasteiger charge is -2.12. The lowest BCUT2D eigenvalue weighted by molar-refractivity contribution is -0.112. The fourth-order valence-electron chi connectivity index (χ4n) is 3.44. The largest absolute Gasteiger partial charge is 0.497 e. The molecule has 198 valence electrons. The summed E-state index contributed by atoms with van der Waals surface area (Å²) in [5.74, 6) is 1.83. The Morgan fingerprint density at radius 1 is 0.923 bits per heavy atom. The first-order valence-electron chi connectivity index (χ1n) is 11.9. The number of nitrogens with zero attached hydrogens (tertiary/aromatic N) is 3. The van der Waals surface area contributed by atoms with Gasteiger partial charge in [-0.3, -0.25) is 10.1 Å². The van der Waals surface area contributed by atoms with Crippen LogP contribution in [0.5, 0.6) is 23.0 Å². The number of nitrogens with one attached hydrogen (secondary N) is 1. The first-order chi connectivity index (χ1) is 19.0. The lowest BCUT2D eigenvalue weighted by atomic mass is 10.1. The van der Waals surface area contributed by atoms with Gasteiger partial charge in [0.1, 0.15) is 41.4 Å². The highest BCUT2D eigenvalue weighted by Crippen LogP contribution is 2.30. The molecule has 9 nitrogen and oxygen atoms in total. The number of hydrogen-bond donors (Lipinski definition) is 1. The van der Waals surface area contributed by atoms with Crippen molar-refractivity contribution in [2.75, 3.05) is 32.8 Å². The van der Waals surface area contributed by atoms with E-state index in [1.807, 2.05) is 61.5 Å². The Morgan fingerprint density at radius 3 is 2.33 bits per heavy atom. The van der Waals surface area contributed by atoms with Crippen LogP contribution in [0.25, 0.3) is 16.6 Å². The third kappa shape index (κ3) is 7.34. The maximum Gasteiger partial charge on any atom is 0.268 e. The topological polar surface area (TPSA) is 116 Å². The van der Waals surface area contributed by atoms with Crippen LogP contribution in [0.3, 0.4) is 0 Å². The molecule has 1 heterocycles. The zero-order valence-corrected chi connectivity index (χ0v) is 22.5. The number of aromatic nitrogens is 2. The standard InChI is InChI=1S/C29H26N4O5S/c1-19-4-7-21(8-5-19)28-32-33-29(39-28)31-27(34)22(18-30)16-20-6-13-25(26(17-20)36-3)38-15-14-37-24-11-9-23(35-2)10-12-24/h4-13,16-17H,14-15H2,1-3H3,(H,31,33,34). The summed E-state index contributed by atoms with van der Waals surface area (Å²) in [6, 6.07) is 22.2. The summed E-state index contributed by atoms with van der Waals surface area (Å²) in [4.78, 5) is 12.7. The lowest BCUT2D eigenvalue weighted by Crippen LogP contribution is -2.13. The van der Waals surface area contributed by atoms with Gasteiger partial charge < -0.3 is 18.9 Å². The number of anilines is 1. The van der Waals surface area contributed by atoms with Crippen LogP contribution >= 0.6 is 11.3 Å². The third-order valence-corrected chi connectivity index (χ3v) is 6.36. The van der Waals surface area contributed by atoms with Gasteiger partial charge >= 0.3 is 0 Å². The van der Waals surface area contributed by atoms with Crippen molar-refractivity contribution in [3.8, 4) is 39.6 Å². The van der Waals surface area contributed by atoms with E-state index in [4.69, 9.17) is 18.9 Å². The molecule has 0 fully saturated rings. The highest BCUT2D eigenvalue weighted by molar-refractivity contribution is 7.18. The number of benzene rings is 3. The number of ether oxygens (including phenoxy) is 4. The van der Waals surface area contributed by atoms with Crippen molar-refractivity contribution in [1.82, 2.24) is 10.2 Å². The highest BCUT2D eigenvalue weighted by Gasteiger charge is 2.14. The minimum atomic E-state index is -0.584. The van der Waals surface area contributed by atoms with E-state index in [1.54, 1.807) is 25.3 Å². The molecule has 0 spiro atoms. The molecule has 0 saturated carbocycles. The van der Waals surface area contributed by atoms with Crippen LogP contribution in [-0.2, 0) is 4.79 Å².